The maximum atomic E-state index is 13.2. The topological polar surface area (TPSA) is 86.1 Å². The number of fused-ring (bicyclic) bond motifs is 1. The quantitative estimate of drug-likeness (QED) is 0.901. The first-order valence-corrected chi connectivity index (χ1v) is 9.56. The highest BCUT2D eigenvalue weighted by molar-refractivity contribution is 5.88. The van der Waals surface area contributed by atoms with E-state index in [1.165, 1.54) is 5.56 Å². The lowest BCUT2D eigenvalue weighted by molar-refractivity contribution is -0.144. The lowest BCUT2D eigenvalue weighted by atomic mass is 9.77. The van der Waals surface area contributed by atoms with E-state index >= 15 is 0 Å². The molecule has 1 aromatic heterocycles. The fraction of sp³-hybridized carbons (Fsp3) is 0.600. The first-order valence-electron chi connectivity index (χ1n) is 9.56. The number of rotatable bonds is 3. The van der Waals surface area contributed by atoms with Gasteiger partial charge in [-0.2, -0.15) is 5.26 Å². The van der Waals surface area contributed by atoms with Gasteiger partial charge in [-0.1, -0.05) is 12.8 Å². The molecular weight excluding hydrogens is 328 g/mol. The van der Waals surface area contributed by atoms with Gasteiger partial charge in [0.05, 0.1) is 6.07 Å². The van der Waals surface area contributed by atoms with Gasteiger partial charge in [0, 0.05) is 37.3 Å². The molecule has 136 valence electrons. The Morgan fingerprint density at radius 2 is 2.00 bits per heavy atom. The van der Waals surface area contributed by atoms with Crippen molar-refractivity contribution in [2.45, 2.75) is 57.0 Å². The number of pyridine rings is 1. The Labute approximate surface area is 153 Å². The Bertz CT molecular complexity index is 765. The SMILES string of the molecule is N#CC1(NC(=O)[C@@H]2CCCC[C@H]2C(=O)N2CCc3cnccc3C2)CC1. The maximum Gasteiger partial charge on any atom is 0.226 e. The van der Waals surface area contributed by atoms with Crippen molar-refractivity contribution >= 4 is 11.8 Å². The molecule has 0 radical (unpaired) electrons. The van der Waals surface area contributed by atoms with Crippen LogP contribution < -0.4 is 5.32 Å². The van der Waals surface area contributed by atoms with Crippen LogP contribution in [0.5, 0.6) is 0 Å². The number of hydrogen-bond acceptors (Lipinski definition) is 4. The van der Waals surface area contributed by atoms with Gasteiger partial charge in [-0.05, 0) is 49.3 Å². The van der Waals surface area contributed by atoms with E-state index < -0.39 is 5.54 Å². The molecular formula is C20H24N4O2. The molecule has 6 nitrogen and oxygen atoms in total. The third-order valence-corrected chi connectivity index (χ3v) is 6.07. The van der Waals surface area contributed by atoms with E-state index in [1.54, 1.807) is 6.20 Å². The highest BCUT2D eigenvalue weighted by Crippen LogP contribution is 2.37. The second-order valence-corrected chi connectivity index (χ2v) is 7.83. The second kappa shape index (κ2) is 6.71. The van der Waals surface area contributed by atoms with E-state index in [0.29, 0.717) is 13.1 Å². The van der Waals surface area contributed by atoms with Crippen molar-refractivity contribution in [2.24, 2.45) is 11.8 Å². The van der Waals surface area contributed by atoms with Gasteiger partial charge >= 0.3 is 0 Å². The highest BCUT2D eigenvalue weighted by atomic mass is 16.2. The largest absolute Gasteiger partial charge is 0.338 e. The lowest BCUT2D eigenvalue weighted by Gasteiger charge is -2.36. The smallest absolute Gasteiger partial charge is 0.226 e. The fourth-order valence-electron chi connectivity index (χ4n) is 4.26. The van der Waals surface area contributed by atoms with Gasteiger partial charge in [0.15, 0.2) is 0 Å². The molecule has 1 aromatic rings. The van der Waals surface area contributed by atoms with Crippen LogP contribution >= 0.6 is 0 Å². The molecule has 1 aliphatic heterocycles. The van der Waals surface area contributed by atoms with Gasteiger partial charge in [0.1, 0.15) is 5.54 Å². The van der Waals surface area contributed by atoms with Crippen LogP contribution in [0.15, 0.2) is 18.5 Å². The molecule has 0 spiro atoms. The Morgan fingerprint density at radius 1 is 1.23 bits per heavy atom. The Kier molecular flexibility index (Phi) is 4.39. The standard InChI is InChI=1S/C20H24N4O2/c21-13-20(7-8-20)23-18(25)16-3-1-2-4-17(16)19(26)24-10-6-14-11-22-9-5-15(14)12-24/h5,9,11,16-17H,1-4,6-8,10,12H2,(H,23,25)/t16-,17-/m1/s1. The van der Waals surface area contributed by atoms with Gasteiger partial charge in [-0.15, -0.1) is 0 Å². The zero-order chi connectivity index (χ0) is 18.1. The summed E-state index contributed by atoms with van der Waals surface area (Å²) in [6.07, 6.45) is 9.35. The molecule has 1 N–H and O–H groups in total. The summed E-state index contributed by atoms with van der Waals surface area (Å²) in [4.78, 5) is 32.0. The maximum absolute atomic E-state index is 13.2. The third kappa shape index (κ3) is 3.18. The normalized spacial score (nSPS) is 26.3. The van der Waals surface area contributed by atoms with Crippen LogP contribution in [0.2, 0.25) is 0 Å². The predicted octanol–water partition coefficient (Wildman–Crippen LogP) is 1.95. The molecule has 2 fully saturated rings. The van der Waals surface area contributed by atoms with Gasteiger partial charge in [-0.3, -0.25) is 14.6 Å². The molecule has 2 amide bonds. The van der Waals surface area contributed by atoms with Crippen molar-refractivity contribution in [3.05, 3.63) is 29.6 Å². The number of carbonyl (C=O) groups excluding carboxylic acids is 2. The van der Waals surface area contributed by atoms with E-state index in [9.17, 15) is 14.9 Å². The molecule has 0 bridgehead atoms. The van der Waals surface area contributed by atoms with Crippen LogP contribution in [0.4, 0.5) is 0 Å². The summed E-state index contributed by atoms with van der Waals surface area (Å²) in [5.41, 5.74) is 1.69. The Balaban J connectivity index is 1.47. The molecule has 2 heterocycles. The van der Waals surface area contributed by atoms with Crippen LogP contribution in [0, 0.1) is 23.2 Å². The molecule has 2 saturated carbocycles. The first kappa shape index (κ1) is 17.0. The van der Waals surface area contributed by atoms with E-state index in [-0.39, 0.29) is 23.7 Å². The van der Waals surface area contributed by atoms with E-state index in [1.807, 2.05) is 17.2 Å². The molecule has 0 unspecified atom stereocenters. The molecule has 0 aromatic carbocycles. The van der Waals surface area contributed by atoms with Gasteiger partial charge in [0.2, 0.25) is 11.8 Å². The Morgan fingerprint density at radius 3 is 2.73 bits per heavy atom. The van der Waals surface area contributed by atoms with E-state index in [0.717, 1.165) is 50.5 Å². The minimum Gasteiger partial charge on any atom is -0.338 e. The molecule has 4 rings (SSSR count). The summed E-state index contributed by atoms with van der Waals surface area (Å²) in [6, 6.07) is 4.18. The van der Waals surface area contributed by atoms with Crippen LogP contribution in [-0.4, -0.2) is 33.8 Å². The second-order valence-electron chi connectivity index (χ2n) is 7.83. The summed E-state index contributed by atoms with van der Waals surface area (Å²) in [5, 5.41) is 12.1. The van der Waals surface area contributed by atoms with Crippen molar-refractivity contribution in [3.8, 4) is 6.07 Å². The summed E-state index contributed by atoms with van der Waals surface area (Å²) < 4.78 is 0. The van der Waals surface area contributed by atoms with Crippen LogP contribution in [0.1, 0.15) is 49.7 Å². The summed E-state index contributed by atoms with van der Waals surface area (Å²) in [6.45, 7) is 1.29. The molecule has 3 aliphatic rings. The van der Waals surface area contributed by atoms with Crippen LogP contribution in [-0.2, 0) is 22.6 Å². The van der Waals surface area contributed by atoms with Crippen molar-refractivity contribution in [3.63, 3.8) is 0 Å². The number of amides is 2. The lowest BCUT2D eigenvalue weighted by Crippen LogP contribution is -2.48. The van der Waals surface area contributed by atoms with Crippen LogP contribution in [0.25, 0.3) is 0 Å². The number of nitrogens with zero attached hydrogens (tertiary/aromatic N) is 3. The molecule has 0 saturated heterocycles. The Hall–Kier alpha value is -2.42. The summed E-state index contributed by atoms with van der Waals surface area (Å²) in [5.74, 6) is -0.583. The average molecular weight is 352 g/mol. The van der Waals surface area contributed by atoms with Gasteiger partial charge in [-0.25, -0.2) is 0 Å². The van der Waals surface area contributed by atoms with Gasteiger partial charge < -0.3 is 10.2 Å². The molecule has 2 atom stereocenters. The summed E-state index contributed by atoms with van der Waals surface area (Å²) >= 11 is 0. The average Bonchev–Trinajstić information content (AvgIpc) is 3.47. The number of nitrogens with one attached hydrogen (secondary N) is 1. The van der Waals surface area contributed by atoms with Crippen molar-refractivity contribution in [1.82, 2.24) is 15.2 Å². The monoisotopic (exact) mass is 352 g/mol. The van der Waals surface area contributed by atoms with Crippen molar-refractivity contribution < 1.29 is 9.59 Å². The van der Waals surface area contributed by atoms with E-state index in [4.69, 9.17) is 0 Å². The zero-order valence-corrected chi connectivity index (χ0v) is 14.9. The van der Waals surface area contributed by atoms with Gasteiger partial charge in [0.25, 0.3) is 0 Å². The minimum absolute atomic E-state index is 0.0918. The number of carbonyl (C=O) groups is 2. The highest BCUT2D eigenvalue weighted by Gasteiger charge is 2.47. The third-order valence-electron chi connectivity index (χ3n) is 6.07. The zero-order valence-electron chi connectivity index (χ0n) is 14.9. The molecule has 6 heteroatoms. The first-order chi connectivity index (χ1) is 12.6. The van der Waals surface area contributed by atoms with E-state index in [2.05, 4.69) is 16.4 Å². The molecule has 26 heavy (non-hydrogen) atoms. The number of hydrogen-bond donors (Lipinski definition) is 1. The number of nitriles is 1. The fourth-order valence-corrected chi connectivity index (χ4v) is 4.26. The minimum atomic E-state index is -0.667. The van der Waals surface area contributed by atoms with Crippen LogP contribution in [0.3, 0.4) is 0 Å². The summed E-state index contributed by atoms with van der Waals surface area (Å²) in [7, 11) is 0. The predicted molar refractivity (Wildman–Crippen MR) is 94.5 cm³/mol. The van der Waals surface area contributed by atoms with Crippen molar-refractivity contribution in [2.75, 3.05) is 6.54 Å². The van der Waals surface area contributed by atoms with Crippen molar-refractivity contribution in [1.29, 1.82) is 5.26 Å². The molecule has 2 aliphatic carbocycles. The number of aromatic nitrogens is 1.